The molecule has 0 aliphatic heterocycles. The zero-order chi connectivity index (χ0) is 34.7. The zero-order valence-corrected chi connectivity index (χ0v) is 28.7. The van der Waals surface area contributed by atoms with E-state index in [1.165, 1.54) is 11.1 Å². The van der Waals surface area contributed by atoms with E-state index in [4.69, 9.17) is 9.98 Å². The molecule has 0 bridgehead atoms. The third-order valence-electron chi connectivity index (χ3n) is 9.50. The summed E-state index contributed by atoms with van der Waals surface area (Å²) in [6.45, 7) is 4.28. The van der Waals surface area contributed by atoms with Crippen LogP contribution in [0.1, 0.15) is 95.1 Å². The standard InChI is InChI=1S/C46H44N2O2/c1-3-39(33-19-9-5-10-20-33)41-29-17-27-37(45(41)49)31-47-43(35-23-13-7-14-24-35)44(36-25-15-8-16-26-36)48-32-38-28-18-30-42(46(38)50)40(4-2)34-21-11-6-12-22-34/h5-32,39-40,43-44,49-50H,3-4H2,1-2H3/t39-,40-,43-,44-/m1/s1. The molecule has 6 rings (SSSR count). The predicted octanol–water partition coefficient (Wildman–Crippen LogP) is 11.2. The molecular formula is C46H44N2O2. The summed E-state index contributed by atoms with van der Waals surface area (Å²) in [4.78, 5) is 10.3. The number of aromatic hydroxyl groups is 2. The number of nitrogens with zero attached hydrogens (tertiary/aromatic N) is 2. The van der Waals surface area contributed by atoms with Crippen molar-refractivity contribution in [1.29, 1.82) is 0 Å². The predicted molar refractivity (Wildman–Crippen MR) is 207 cm³/mol. The zero-order valence-electron chi connectivity index (χ0n) is 28.7. The number of para-hydroxylation sites is 2. The molecule has 0 aliphatic carbocycles. The molecule has 0 fully saturated rings. The molecule has 0 saturated carbocycles. The molecule has 2 N–H and O–H groups in total. The van der Waals surface area contributed by atoms with Crippen LogP contribution in [0.5, 0.6) is 11.5 Å². The van der Waals surface area contributed by atoms with Gasteiger partial charge in [-0.25, -0.2) is 0 Å². The first-order valence-corrected chi connectivity index (χ1v) is 17.5. The van der Waals surface area contributed by atoms with Crippen LogP contribution >= 0.6 is 0 Å². The second-order valence-corrected chi connectivity index (χ2v) is 12.6. The Balaban J connectivity index is 1.40. The van der Waals surface area contributed by atoms with Crippen molar-refractivity contribution in [3.05, 3.63) is 202 Å². The Labute approximate surface area is 296 Å². The highest BCUT2D eigenvalue weighted by molar-refractivity contribution is 5.85. The summed E-state index contributed by atoms with van der Waals surface area (Å²) in [5.41, 5.74) is 7.41. The average Bonchev–Trinajstić information content (AvgIpc) is 3.17. The van der Waals surface area contributed by atoms with Gasteiger partial charge in [0.1, 0.15) is 23.6 Å². The Morgan fingerprint density at radius 1 is 0.420 bits per heavy atom. The number of rotatable bonds is 13. The van der Waals surface area contributed by atoms with Crippen molar-refractivity contribution < 1.29 is 10.2 Å². The number of phenols is 2. The summed E-state index contributed by atoms with van der Waals surface area (Å²) in [5.74, 6) is 0.607. The minimum atomic E-state index is -0.410. The smallest absolute Gasteiger partial charge is 0.128 e. The molecule has 0 heterocycles. The maximum atomic E-state index is 11.6. The topological polar surface area (TPSA) is 65.2 Å². The normalized spacial score (nSPS) is 14.0. The fourth-order valence-corrected chi connectivity index (χ4v) is 6.89. The number of aliphatic imine (C=N–C) groups is 2. The van der Waals surface area contributed by atoms with Crippen molar-refractivity contribution in [3.63, 3.8) is 0 Å². The van der Waals surface area contributed by atoms with Gasteiger partial charge in [0.05, 0.1) is 0 Å². The highest BCUT2D eigenvalue weighted by Gasteiger charge is 2.25. The molecule has 0 aromatic heterocycles. The summed E-state index contributed by atoms with van der Waals surface area (Å²) >= 11 is 0. The first kappa shape index (κ1) is 34.1. The average molecular weight is 657 g/mol. The van der Waals surface area contributed by atoms with Crippen LogP contribution in [0.3, 0.4) is 0 Å². The molecule has 6 aromatic carbocycles. The van der Waals surface area contributed by atoms with Crippen molar-refractivity contribution in [2.24, 2.45) is 9.98 Å². The third kappa shape index (κ3) is 7.76. The van der Waals surface area contributed by atoms with Gasteiger partial charge >= 0.3 is 0 Å². The van der Waals surface area contributed by atoms with Gasteiger partial charge in [-0.05, 0) is 47.2 Å². The van der Waals surface area contributed by atoms with Crippen molar-refractivity contribution in [2.45, 2.75) is 50.6 Å². The lowest BCUT2D eigenvalue weighted by atomic mass is 9.87. The Bertz CT molecular complexity index is 1860. The Kier molecular flexibility index (Phi) is 11.3. The van der Waals surface area contributed by atoms with E-state index < -0.39 is 12.1 Å². The Morgan fingerprint density at radius 3 is 1.06 bits per heavy atom. The van der Waals surface area contributed by atoms with E-state index >= 15 is 0 Å². The molecule has 0 aliphatic rings. The van der Waals surface area contributed by atoms with E-state index in [0.717, 1.165) is 35.1 Å². The quantitative estimate of drug-likeness (QED) is 0.122. The molecule has 6 aromatic rings. The van der Waals surface area contributed by atoms with Crippen LogP contribution in [0, 0.1) is 0 Å². The number of hydrogen-bond acceptors (Lipinski definition) is 4. The summed E-state index contributed by atoms with van der Waals surface area (Å²) < 4.78 is 0. The van der Waals surface area contributed by atoms with Gasteiger partial charge in [0.25, 0.3) is 0 Å². The SMILES string of the molecule is CC[C@H](c1ccccc1)c1cccc(C=N[C@H](c2ccccc2)[C@H](N=Cc2cccc([C@H](CC)c3ccccc3)c2O)c2ccccc2)c1O. The number of phenolic OH excluding ortho intramolecular Hbond substituents is 2. The monoisotopic (exact) mass is 656 g/mol. The minimum Gasteiger partial charge on any atom is -0.507 e. The molecule has 250 valence electrons. The fraction of sp³-hybridized carbons (Fsp3) is 0.174. The lowest BCUT2D eigenvalue weighted by Gasteiger charge is -2.23. The second kappa shape index (κ2) is 16.6. The number of benzene rings is 6. The van der Waals surface area contributed by atoms with Crippen LogP contribution in [0.25, 0.3) is 0 Å². The molecule has 4 atom stereocenters. The van der Waals surface area contributed by atoms with Gasteiger partial charge < -0.3 is 10.2 Å². The Morgan fingerprint density at radius 2 is 0.740 bits per heavy atom. The summed E-state index contributed by atoms with van der Waals surface area (Å²) in [6.07, 6.45) is 5.27. The van der Waals surface area contributed by atoms with E-state index in [1.54, 1.807) is 12.4 Å². The molecule has 0 spiro atoms. The first-order chi connectivity index (χ1) is 24.6. The van der Waals surface area contributed by atoms with Crippen molar-refractivity contribution in [3.8, 4) is 11.5 Å². The van der Waals surface area contributed by atoms with Gasteiger partial charge in [-0.2, -0.15) is 0 Å². The lowest BCUT2D eigenvalue weighted by Crippen LogP contribution is -2.09. The molecular weight excluding hydrogens is 613 g/mol. The molecule has 0 unspecified atom stereocenters. The van der Waals surface area contributed by atoms with Gasteiger partial charge in [0.15, 0.2) is 0 Å². The maximum Gasteiger partial charge on any atom is 0.128 e. The van der Waals surface area contributed by atoms with Crippen LogP contribution < -0.4 is 0 Å². The van der Waals surface area contributed by atoms with Gasteiger partial charge in [0.2, 0.25) is 0 Å². The highest BCUT2D eigenvalue weighted by atomic mass is 16.3. The van der Waals surface area contributed by atoms with Crippen LogP contribution in [0.4, 0.5) is 0 Å². The van der Waals surface area contributed by atoms with Crippen molar-refractivity contribution >= 4 is 12.4 Å². The highest BCUT2D eigenvalue weighted by Crippen LogP contribution is 2.39. The third-order valence-corrected chi connectivity index (χ3v) is 9.50. The summed E-state index contributed by atoms with van der Waals surface area (Å²) in [6, 6.07) is 51.9. The number of hydrogen-bond donors (Lipinski definition) is 2. The molecule has 0 saturated heterocycles. The molecule has 4 heteroatoms. The van der Waals surface area contributed by atoms with Crippen LogP contribution in [-0.2, 0) is 0 Å². The van der Waals surface area contributed by atoms with Crippen LogP contribution in [-0.4, -0.2) is 22.6 Å². The van der Waals surface area contributed by atoms with E-state index in [-0.39, 0.29) is 23.3 Å². The van der Waals surface area contributed by atoms with E-state index in [1.807, 2.05) is 109 Å². The second-order valence-electron chi connectivity index (χ2n) is 12.6. The van der Waals surface area contributed by atoms with Crippen LogP contribution in [0.15, 0.2) is 168 Å². The summed E-state index contributed by atoms with van der Waals surface area (Å²) in [5, 5.41) is 23.2. The summed E-state index contributed by atoms with van der Waals surface area (Å²) in [7, 11) is 0. The first-order valence-electron chi connectivity index (χ1n) is 17.5. The van der Waals surface area contributed by atoms with Gasteiger partial charge in [0, 0.05) is 46.5 Å². The van der Waals surface area contributed by atoms with Gasteiger partial charge in [-0.1, -0.05) is 159 Å². The molecule has 4 nitrogen and oxygen atoms in total. The van der Waals surface area contributed by atoms with Crippen LogP contribution in [0.2, 0.25) is 0 Å². The van der Waals surface area contributed by atoms with E-state index in [9.17, 15) is 10.2 Å². The Hall–Kier alpha value is -5.74. The van der Waals surface area contributed by atoms with E-state index in [2.05, 4.69) is 62.4 Å². The molecule has 50 heavy (non-hydrogen) atoms. The maximum absolute atomic E-state index is 11.6. The lowest BCUT2D eigenvalue weighted by molar-refractivity contribution is 0.462. The fourth-order valence-electron chi connectivity index (χ4n) is 6.89. The molecule has 0 amide bonds. The van der Waals surface area contributed by atoms with Crippen molar-refractivity contribution in [1.82, 2.24) is 0 Å². The van der Waals surface area contributed by atoms with Gasteiger partial charge in [-0.15, -0.1) is 0 Å². The molecule has 0 radical (unpaired) electrons. The van der Waals surface area contributed by atoms with Crippen molar-refractivity contribution in [2.75, 3.05) is 0 Å². The van der Waals surface area contributed by atoms with E-state index in [0.29, 0.717) is 11.1 Å². The largest absolute Gasteiger partial charge is 0.507 e. The van der Waals surface area contributed by atoms with Gasteiger partial charge in [-0.3, -0.25) is 9.98 Å². The minimum absolute atomic E-state index is 0.0637.